The molecule has 9 heavy (non-hydrogen) atoms. The van der Waals surface area contributed by atoms with Crippen LogP contribution < -0.4 is 0 Å². The maximum Gasteiger partial charge on any atom is 0.272 e. The van der Waals surface area contributed by atoms with Crippen molar-refractivity contribution in [1.82, 2.24) is 9.97 Å². The smallest absolute Gasteiger partial charge is 0.272 e. The number of hydrogen-bond donors (Lipinski definition) is 1. The molecular weight excluding hydrogens is 118 g/mol. The number of aromatic amines is 1. The van der Waals surface area contributed by atoms with Crippen LogP contribution in [0.5, 0.6) is 0 Å². The molecule has 4 nitrogen and oxygen atoms in total. The molecule has 0 unspecified atom stereocenters. The monoisotopic (exact) mass is 120 g/mol. The Morgan fingerprint density at radius 2 is 2.56 bits per heavy atom. The van der Waals surface area contributed by atoms with Gasteiger partial charge < -0.3 is 4.98 Å². The van der Waals surface area contributed by atoms with E-state index in [9.17, 15) is 4.79 Å². The minimum atomic E-state index is 0.0616. The molecule has 0 bridgehead atoms. The summed E-state index contributed by atoms with van der Waals surface area (Å²) < 4.78 is 0. The SMILES string of the molecule is N#Cc1c[nH]c([C]=O)n1. The van der Waals surface area contributed by atoms with Crippen molar-refractivity contribution in [2.45, 2.75) is 0 Å². The molecule has 1 aromatic heterocycles. The Morgan fingerprint density at radius 1 is 1.78 bits per heavy atom. The van der Waals surface area contributed by atoms with Gasteiger partial charge in [-0.05, 0) is 0 Å². The summed E-state index contributed by atoms with van der Waals surface area (Å²) in [7, 11) is 0. The Hall–Kier alpha value is -1.63. The van der Waals surface area contributed by atoms with Gasteiger partial charge in [0.25, 0.3) is 6.29 Å². The Kier molecular flexibility index (Phi) is 1.28. The Morgan fingerprint density at radius 3 is 2.89 bits per heavy atom. The van der Waals surface area contributed by atoms with Crippen molar-refractivity contribution in [2.75, 3.05) is 0 Å². The largest absolute Gasteiger partial charge is 0.340 e. The van der Waals surface area contributed by atoms with Crippen LogP contribution in [0.15, 0.2) is 6.20 Å². The molecule has 1 N–H and O–H groups in total. The number of nitrogens with zero attached hydrogens (tertiary/aromatic N) is 2. The highest BCUT2D eigenvalue weighted by Crippen LogP contribution is 1.89. The maximum absolute atomic E-state index is 9.81. The van der Waals surface area contributed by atoms with Crippen molar-refractivity contribution < 1.29 is 4.79 Å². The van der Waals surface area contributed by atoms with Crippen LogP contribution in [-0.4, -0.2) is 16.3 Å². The summed E-state index contributed by atoms with van der Waals surface area (Å²) in [5.41, 5.74) is 0.202. The normalized spacial score (nSPS) is 8.33. The van der Waals surface area contributed by atoms with Gasteiger partial charge in [-0.25, -0.2) is 4.98 Å². The van der Waals surface area contributed by atoms with E-state index < -0.39 is 0 Å². The lowest BCUT2D eigenvalue weighted by Crippen LogP contribution is -1.81. The number of nitriles is 1. The van der Waals surface area contributed by atoms with Crippen LogP contribution in [0.3, 0.4) is 0 Å². The first-order valence-electron chi connectivity index (χ1n) is 2.20. The number of H-pyrrole nitrogens is 1. The van der Waals surface area contributed by atoms with Gasteiger partial charge in [-0.2, -0.15) is 5.26 Å². The number of rotatable bonds is 1. The molecule has 0 aliphatic heterocycles. The Labute approximate surface area is 51.1 Å². The van der Waals surface area contributed by atoms with Gasteiger partial charge in [-0.15, -0.1) is 0 Å². The topological polar surface area (TPSA) is 69.5 Å². The van der Waals surface area contributed by atoms with Gasteiger partial charge in [0.2, 0.25) is 0 Å². The first kappa shape index (κ1) is 5.51. The average Bonchev–Trinajstić information content (AvgIpc) is 2.34. The predicted octanol–water partition coefficient (Wildman–Crippen LogP) is -0.261. The first-order valence-corrected chi connectivity index (χ1v) is 2.20. The zero-order valence-electron chi connectivity index (χ0n) is 4.38. The summed E-state index contributed by atoms with van der Waals surface area (Å²) in [6.45, 7) is 0. The number of aromatic nitrogens is 2. The van der Waals surface area contributed by atoms with Gasteiger partial charge in [-0.3, -0.25) is 4.79 Å². The van der Waals surface area contributed by atoms with Crippen molar-refractivity contribution in [1.29, 1.82) is 5.26 Å². The number of hydrogen-bond acceptors (Lipinski definition) is 3. The predicted molar refractivity (Wildman–Crippen MR) is 28.1 cm³/mol. The molecule has 1 radical (unpaired) electrons. The number of imidazole rings is 1. The second kappa shape index (κ2) is 2.09. The third kappa shape index (κ3) is 0.941. The molecule has 0 spiro atoms. The first-order chi connectivity index (χ1) is 4.36. The Balaban J connectivity index is 3.03. The zero-order valence-corrected chi connectivity index (χ0v) is 4.38. The second-order valence-corrected chi connectivity index (χ2v) is 1.35. The lowest BCUT2D eigenvalue weighted by atomic mass is 10.5. The quantitative estimate of drug-likeness (QED) is 0.555. The highest BCUT2D eigenvalue weighted by Gasteiger charge is 1.96. The number of nitrogens with one attached hydrogen (secondary N) is 1. The van der Waals surface area contributed by atoms with Gasteiger partial charge in [0.05, 0.1) is 0 Å². The van der Waals surface area contributed by atoms with Crippen molar-refractivity contribution in [3.8, 4) is 6.07 Å². The highest BCUT2D eigenvalue weighted by molar-refractivity contribution is 5.69. The fourth-order valence-electron chi connectivity index (χ4n) is 0.431. The van der Waals surface area contributed by atoms with E-state index >= 15 is 0 Å². The number of carbonyl (C=O) groups excluding carboxylic acids is 1. The fraction of sp³-hybridized carbons (Fsp3) is 0. The molecule has 0 saturated heterocycles. The molecule has 0 aromatic carbocycles. The van der Waals surface area contributed by atoms with E-state index in [1.54, 1.807) is 6.07 Å². The molecule has 1 heterocycles. The van der Waals surface area contributed by atoms with E-state index in [1.807, 2.05) is 0 Å². The summed E-state index contributed by atoms with van der Waals surface area (Å²) in [5, 5.41) is 8.18. The van der Waals surface area contributed by atoms with Gasteiger partial charge in [-0.1, -0.05) is 0 Å². The van der Waals surface area contributed by atoms with E-state index in [1.165, 1.54) is 12.5 Å². The standard InChI is InChI=1S/C5H2N3O/c6-1-4-2-7-5(3-9)8-4/h2H,(H,7,8). The van der Waals surface area contributed by atoms with Crippen LogP contribution >= 0.6 is 0 Å². The summed E-state index contributed by atoms with van der Waals surface area (Å²) in [4.78, 5) is 15.8. The minimum absolute atomic E-state index is 0.0616. The van der Waals surface area contributed by atoms with Crippen molar-refractivity contribution in [2.24, 2.45) is 0 Å². The van der Waals surface area contributed by atoms with Crippen LogP contribution in [0.2, 0.25) is 0 Å². The molecule has 0 atom stereocenters. The van der Waals surface area contributed by atoms with Gasteiger partial charge in [0.15, 0.2) is 11.5 Å². The summed E-state index contributed by atoms with van der Waals surface area (Å²) in [5.74, 6) is 0.0616. The van der Waals surface area contributed by atoms with Crippen LogP contribution in [0, 0.1) is 11.3 Å². The average molecular weight is 120 g/mol. The van der Waals surface area contributed by atoms with Crippen molar-refractivity contribution in [3.63, 3.8) is 0 Å². The van der Waals surface area contributed by atoms with Crippen LogP contribution in [0.1, 0.15) is 11.5 Å². The van der Waals surface area contributed by atoms with Crippen molar-refractivity contribution >= 4 is 6.29 Å². The minimum Gasteiger partial charge on any atom is -0.340 e. The molecule has 1 aromatic rings. The third-order valence-electron chi connectivity index (χ3n) is 0.789. The van der Waals surface area contributed by atoms with Crippen molar-refractivity contribution in [3.05, 3.63) is 17.7 Å². The van der Waals surface area contributed by atoms with Gasteiger partial charge >= 0.3 is 0 Å². The van der Waals surface area contributed by atoms with Crippen LogP contribution in [-0.2, 0) is 4.79 Å². The molecule has 0 aliphatic rings. The highest BCUT2D eigenvalue weighted by atomic mass is 16.1. The zero-order chi connectivity index (χ0) is 6.69. The van der Waals surface area contributed by atoms with Crippen LogP contribution in [0.4, 0.5) is 0 Å². The van der Waals surface area contributed by atoms with Gasteiger partial charge in [0, 0.05) is 6.20 Å². The molecule has 0 saturated carbocycles. The summed E-state index contributed by atoms with van der Waals surface area (Å²) in [6.07, 6.45) is 2.86. The molecule has 0 aliphatic carbocycles. The molecule has 43 valence electrons. The second-order valence-electron chi connectivity index (χ2n) is 1.35. The van der Waals surface area contributed by atoms with Gasteiger partial charge in [0.1, 0.15) is 6.07 Å². The van der Waals surface area contributed by atoms with E-state index in [0.717, 1.165) is 0 Å². The molecule has 4 heteroatoms. The third-order valence-corrected chi connectivity index (χ3v) is 0.789. The van der Waals surface area contributed by atoms with E-state index in [0.29, 0.717) is 0 Å². The molecule has 1 rings (SSSR count). The molecule has 0 amide bonds. The van der Waals surface area contributed by atoms with Crippen LogP contribution in [0.25, 0.3) is 0 Å². The maximum atomic E-state index is 9.81. The van der Waals surface area contributed by atoms with E-state index in [4.69, 9.17) is 5.26 Å². The van der Waals surface area contributed by atoms with E-state index in [-0.39, 0.29) is 11.5 Å². The molecule has 0 fully saturated rings. The lowest BCUT2D eigenvalue weighted by Gasteiger charge is -1.68. The fourth-order valence-corrected chi connectivity index (χ4v) is 0.431. The Bertz CT molecular complexity index is 257. The van der Waals surface area contributed by atoms with E-state index in [2.05, 4.69) is 9.97 Å². The summed E-state index contributed by atoms with van der Waals surface area (Å²) in [6, 6.07) is 1.76. The lowest BCUT2D eigenvalue weighted by molar-refractivity contribution is 0.560. The molecular formula is C5H2N3O. The summed E-state index contributed by atoms with van der Waals surface area (Å²) >= 11 is 0.